The van der Waals surface area contributed by atoms with Crippen LogP contribution in [0.15, 0.2) is 0 Å². The molecule has 1 unspecified atom stereocenters. The Balaban J connectivity index is 3.05. The first-order valence-corrected chi connectivity index (χ1v) is 13.2. The Kier molecular flexibility index (Phi) is 21.2. The van der Waals surface area contributed by atoms with Gasteiger partial charge in [0, 0.05) is 4.87 Å². The van der Waals surface area contributed by atoms with Crippen molar-refractivity contribution >= 4 is 11.6 Å². The van der Waals surface area contributed by atoms with E-state index in [0.717, 1.165) is 6.42 Å². The molecule has 1 atom stereocenters. The Morgan fingerprint density at radius 3 is 0.963 bits per heavy atom. The fourth-order valence-corrected chi connectivity index (χ4v) is 4.06. The number of unbranched alkanes of at least 4 members (excludes halogenated alkanes) is 19. The van der Waals surface area contributed by atoms with Crippen LogP contribution in [0.3, 0.4) is 0 Å². The van der Waals surface area contributed by atoms with E-state index in [4.69, 9.17) is 11.6 Å². The Morgan fingerprint density at radius 1 is 0.444 bits per heavy atom. The minimum atomic E-state index is 0.0498. The average molecular weight is 401 g/mol. The minimum absolute atomic E-state index is 0.0498. The topological polar surface area (TPSA) is 0 Å². The molecule has 0 aliphatic rings. The first-order valence-electron chi connectivity index (χ1n) is 12.8. The summed E-state index contributed by atoms with van der Waals surface area (Å²) in [6.07, 6.45) is 31.2. The van der Waals surface area contributed by atoms with Crippen molar-refractivity contribution in [3.63, 3.8) is 0 Å². The molecule has 0 saturated carbocycles. The molecular weight excluding hydrogens is 348 g/mol. The largest absolute Gasteiger partial charge is 0.120 e. The van der Waals surface area contributed by atoms with Crippen LogP contribution in [0.25, 0.3) is 0 Å². The molecule has 0 aromatic carbocycles. The van der Waals surface area contributed by atoms with Crippen LogP contribution in [0, 0.1) is 0 Å². The van der Waals surface area contributed by atoms with Gasteiger partial charge < -0.3 is 0 Å². The molecule has 0 fully saturated rings. The number of halogens is 1. The van der Waals surface area contributed by atoms with Crippen LogP contribution in [-0.2, 0) is 0 Å². The summed E-state index contributed by atoms with van der Waals surface area (Å²) in [6, 6.07) is 0. The molecule has 0 aliphatic heterocycles. The molecule has 0 N–H and O–H groups in total. The monoisotopic (exact) mass is 400 g/mol. The van der Waals surface area contributed by atoms with E-state index in [1.54, 1.807) is 0 Å². The maximum atomic E-state index is 6.41. The standard InChI is InChI=1S/C26H53Cl/c1-4-6-7-8-9-10-11-12-13-14-15-16-17-18-19-20-21-22-23-24-25-26(3,27)5-2/h4-25H2,1-3H3. The highest BCUT2D eigenvalue weighted by molar-refractivity contribution is 6.23. The van der Waals surface area contributed by atoms with Crippen LogP contribution in [0.1, 0.15) is 162 Å². The van der Waals surface area contributed by atoms with E-state index in [1.165, 1.54) is 135 Å². The maximum Gasteiger partial charge on any atom is 0.0416 e. The first-order chi connectivity index (χ1) is 13.1. The summed E-state index contributed by atoms with van der Waals surface area (Å²) in [5.74, 6) is 0. The zero-order valence-corrected chi connectivity index (χ0v) is 20.2. The molecule has 0 aromatic heterocycles. The number of rotatable bonds is 22. The van der Waals surface area contributed by atoms with E-state index in [9.17, 15) is 0 Å². The van der Waals surface area contributed by atoms with E-state index in [1.807, 2.05) is 0 Å². The quantitative estimate of drug-likeness (QED) is 0.125. The van der Waals surface area contributed by atoms with Crippen LogP contribution in [-0.4, -0.2) is 4.87 Å². The van der Waals surface area contributed by atoms with Gasteiger partial charge in [0.15, 0.2) is 0 Å². The van der Waals surface area contributed by atoms with Crippen molar-refractivity contribution in [3.05, 3.63) is 0 Å². The summed E-state index contributed by atoms with van der Waals surface area (Å²) >= 11 is 6.41. The third-order valence-corrected chi connectivity index (χ3v) is 6.75. The number of alkyl halides is 1. The van der Waals surface area contributed by atoms with Crippen molar-refractivity contribution in [2.45, 2.75) is 167 Å². The van der Waals surface area contributed by atoms with Crippen LogP contribution >= 0.6 is 11.6 Å². The molecule has 0 nitrogen and oxygen atoms in total. The lowest BCUT2D eigenvalue weighted by Crippen LogP contribution is -2.13. The molecule has 0 rings (SSSR count). The average Bonchev–Trinajstić information content (AvgIpc) is 2.66. The van der Waals surface area contributed by atoms with Crippen molar-refractivity contribution in [2.24, 2.45) is 0 Å². The Morgan fingerprint density at radius 2 is 0.704 bits per heavy atom. The van der Waals surface area contributed by atoms with Gasteiger partial charge in [-0.05, 0) is 19.8 Å². The second-order valence-corrected chi connectivity index (χ2v) is 10.1. The van der Waals surface area contributed by atoms with E-state index in [-0.39, 0.29) is 4.87 Å². The molecule has 164 valence electrons. The molecule has 0 saturated heterocycles. The predicted octanol–water partition coefficient (Wildman–Crippen LogP) is 10.6. The molecule has 0 bridgehead atoms. The van der Waals surface area contributed by atoms with E-state index in [2.05, 4.69) is 20.8 Å². The Labute approximate surface area is 178 Å². The highest BCUT2D eigenvalue weighted by Crippen LogP contribution is 2.26. The van der Waals surface area contributed by atoms with Crippen molar-refractivity contribution < 1.29 is 0 Å². The van der Waals surface area contributed by atoms with Gasteiger partial charge in [0.05, 0.1) is 0 Å². The molecule has 0 aromatic rings. The van der Waals surface area contributed by atoms with Gasteiger partial charge in [0.25, 0.3) is 0 Å². The van der Waals surface area contributed by atoms with E-state index >= 15 is 0 Å². The van der Waals surface area contributed by atoms with Gasteiger partial charge in [0.2, 0.25) is 0 Å². The van der Waals surface area contributed by atoms with Crippen molar-refractivity contribution in [3.8, 4) is 0 Å². The molecule has 0 heterocycles. The molecule has 0 radical (unpaired) electrons. The summed E-state index contributed by atoms with van der Waals surface area (Å²) < 4.78 is 0. The van der Waals surface area contributed by atoms with Crippen LogP contribution < -0.4 is 0 Å². The van der Waals surface area contributed by atoms with E-state index in [0.29, 0.717) is 0 Å². The van der Waals surface area contributed by atoms with Gasteiger partial charge in [-0.1, -0.05) is 142 Å². The summed E-state index contributed by atoms with van der Waals surface area (Å²) in [6.45, 7) is 6.68. The molecule has 1 heteroatoms. The maximum absolute atomic E-state index is 6.41. The highest BCUT2D eigenvalue weighted by Gasteiger charge is 2.16. The van der Waals surface area contributed by atoms with Gasteiger partial charge in [-0.3, -0.25) is 0 Å². The molecule has 0 spiro atoms. The second-order valence-electron chi connectivity index (χ2n) is 9.23. The van der Waals surface area contributed by atoms with Gasteiger partial charge in [0.1, 0.15) is 0 Å². The Bertz CT molecular complexity index is 271. The lowest BCUT2D eigenvalue weighted by atomic mass is 9.98. The summed E-state index contributed by atoms with van der Waals surface area (Å²) in [7, 11) is 0. The normalized spacial score (nSPS) is 13.8. The summed E-state index contributed by atoms with van der Waals surface area (Å²) in [5, 5.41) is 0. The number of hydrogen-bond donors (Lipinski definition) is 0. The van der Waals surface area contributed by atoms with Crippen molar-refractivity contribution in [1.82, 2.24) is 0 Å². The van der Waals surface area contributed by atoms with Crippen molar-refractivity contribution in [2.75, 3.05) is 0 Å². The molecule has 0 amide bonds. The minimum Gasteiger partial charge on any atom is -0.120 e. The van der Waals surface area contributed by atoms with Gasteiger partial charge >= 0.3 is 0 Å². The number of hydrogen-bond acceptors (Lipinski definition) is 0. The third-order valence-electron chi connectivity index (χ3n) is 6.29. The summed E-state index contributed by atoms with van der Waals surface area (Å²) in [4.78, 5) is 0.0498. The fraction of sp³-hybridized carbons (Fsp3) is 1.00. The van der Waals surface area contributed by atoms with Crippen LogP contribution in [0.2, 0.25) is 0 Å². The zero-order valence-electron chi connectivity index (χ0n) is 19.4. The molecule has 0 aliphatic carbocycles. The van der Waals surface area contributed by atoms with Crippen molar-refractivity contribution in [1.29, 1.82) is 0 Å². The van der Waals surface area contributed by atoms with Gasteiger partial charge in [-0.15, -0.1) is 11.6 Å². The smallest absolute Gasteiger partial charge is 0.0416 e. The van der Waals surface area contributed by atoms with Gasteiger partial charge in [-0.2, -0.15) is 0 Å². The summed E-state index contributed by atoms with van der Waals surface area (Å²) in [5.41, 5.74) is 0. The van der Waals surface area contributed by atoms with Crippen LogP contribution in [0.4, 0.5) is 0 Å². The van der Waals surface area contributed by atoms with E-state index < -0.39 is 0 Å². The van der Waals surface area contributed by atoms with Gasteiger partial charge in [-0.25, -0.2) is 0 Å². The Hall–Kier alpha value is 0.290. The molecule has 27 heavy (non-hydrogen) atoms. The zero-order chi connectivity index (χ0) is 20.1. The predicted molar refractivity (Wildman–Crippen MR) is 127 cm³/mol. The molecular formula is C26H53Cl. The second kappa shape index (κ2) is 21.0. The first kappa shape index (κ1) is 27.3. The van der Waals surface area contributed by atoms with Crippen LogP contribution in [0.5, 0.6) is 0 Å². The fourth-order valence-electron chi connectivity index (χ4n) is 3.93. The lowest BCUT2D eigenvalue weighted by molar-refractivity contribution is 0.492. The highest BCUT2D eigenvalue weighted by atomic mass is 35.5. The lowest BCUT2D eigenvalue weighted by Gasteiger charge is -2.19. The SMILES string of the molecule is CCCCCCCCCCCCCCCCCCCCCCC(C)(Cl)CC. The third kappa shape index (κ3) is 22.4.